The Bertz CT molecular complexity index is 374. The highest BCUT2D eigenvalue weighted by Crippen LogP contribution is 2.16. The molecule has 1 amide bonds. The maximum atomic E-state index is 11.7. The molecule has 0 heterocycles. The molecule has 0 unspecified atom stereocenters. The molecule has 0 bridgehead atoms. The molecular formula is C12H14INO. The fourth-order valence-corrected chi connectivity index (χ4v) is 1.81. The molecule has 0 aliphatic carbocycles. The van der Waals surface area contributed by atoms with E-state index < -0.39 is 0 Å². The van der Waals surface area contributed by atoms with Gasteiger partial charge < -0.3 is 5.32 Å². The normalized spacial score (nSPS) is 9.73. The average molecular weight is 315 g/mol. The van der Waals surface area contributed by atoms with E-state index in [9.17, 15) is 4.79 Å². The van der Waals surface area contributed by atoms with Gasteiger partial charge in [0.25, 0.3) is 5.91 Å². The van der Waals surface area contributed by atoms with Gasteiger partial charge in [-0.15, -0.1) is 6.58 Å². The Kier molecular flexibility index (Phi) is 4.81. The summed E-state index contributed by atoms with van der Waals surface area (Å²) >= 11 is 2.20. The van der Waals surface area contributed by atoms with Gasteiger partial charge in [-0.1, -0.05) is 18.2 Å². The zero-order chi connectivity index (χ0) is 11.3. The highest BCUT2D eigenvalue weighted by atomic mass is 127. The molecule has 80 valence electrons. The average Bonchev–Trinajstić information content (AvgIpc) is 2.22. The van der Waals surface area contributed by atoms with Crippen LogP contribution in [0.25, 0.3) is 0 Å². The Balaban J connectivity index is 2.73. The number of benzene rings is 1. The van der Waals surface area contributed by atoms with Gasteiger partial charge in [0, 0.05) is 10.1 Å². The predicted molar refractivity (Wildman–Crippen MR) is 71.0 cm³/mol. The van der Waals surface area contributed by atoms with Crippen molar-refractivity contribution in [1.29, 1.82) is 0 Å². The van der Waals surface area contributed by atoms with Crippen molar-refractivity contribution in [2.75, 3.05) is 6.54 Å². The quantitative estimate of drug-likeness (QED) is 0.517. The zero-order valence-corrected chi connectivity index (χ0v) is 10.9. The van der Waals surface area contributed by atoms with Crippen LogP contribution in [0.4, 0.5) is 0 Å². The molecule has 0 aromatic heterocycles. The predicted octanol–water partition coefficient (Wildman–Crippen LogP) is 2.91. The van der Waals surface area contributed by atoms with E-state index in [0.29, 0.717) is 6.54 Å². The second kappa shape index (κ2) is 5.90. The third-order valence-electron chi connectivity index (χ3n) is 2.07. The van der Waals surface area contributed by atoms with Gasteiger partial charge in [-0.2, -0.15) is 0 Å². The molecule has 0 spiro atoms. The number of hydrogen-bond donors (Lipinski definition) is 1. The monoisotopic (exact) mass is 315 g/mol. The third-order valence-corrected chi connectivity index (χ3v) is 3.50. The van der Waals surface area contributed by atoms with E-state index in [2.05, 4.69) is 34.5 Å². The van der Waals surface area contributed by atoms with Gasteiger partial charge in [0.2, 0.25) is 0 Å². The topological polar surface area (TPSA) is 29.1 Å². The Hall–Kier alpha value is -0.840. The lowest BCUT2D eigenvalue weighted by Gasteiger charge is -2.07. The summed E-state index contributed by atoms with van der Waals surface area (Å²) in [5.41, 5.74) is 1.88. The van der Waals surface area contributed by atoms with Crippen LogP contribution in [-0.2, 0) is 0 Å². The van der Waals surface area contributed by atoms with Crippen molar-refractivity contribution in [2.45, 2.75) is 13.3 Å². The maximum Gasteiger partial charge on any atom is 0.252 e. The second-order valence-corrected chi connectivity index (χ2v) is 4.35. The first-order valence-corrected chi connectivity index (χ1v) is 5.89. The fraction of sp³-hybridized carbons (Fsp3) is 0.250. The first kappa shape index (κ1) is 12.2. The van der Waals surface area contributed by atoms with E-state index >= 15 is 0 Å². The van der Waals surface area contributed by atoms with Crippen LogP contribution in [0.5, 0.6) is 0 Å². The van der Waals surface area contributed by atoms with Crippen molar-refractivity contribution >= 4 is 28.5 Å². The minimum absolute atomic E-state index is 0.00931. The molecule has 1 aromatic rings. The van der Waals surface area contributed by atoms with Gasteiger partial charge in [-0.25, -0.2) is 0 Å². The molecule has 3 heteroatoms. The fourth-order valence-electron chi connectivity index (χ4n) is 1.21. The highest BCUT2D eigenvalue weighted by molar-refractivity contribution is 14.1. The molecule has 1 rings (SSSR count). The van der Waals surface area contributed by atoms with E-state index in [1.807, 2.05) is 25.1 Å². The minimum Gasteiger partial charge on any atom is -0.352 e. The van der Waals surface area contributed by atoms with E-state index in [1.54, 1.807) is 6.08 Å². The Labute approximate surface area is 104 Å². The molecule has 0 aliphatic rings. The minimum atomic E-state index is -0.00931. The van der Waals surface area contributed by atoms with Gasteiger partial charge >= 0.3 is 0 Å². The smallest absolute Gasteiger partial charge is 0.252 e. The standard InChI is InChI=1S/C12H14INO/c1-3-4-8-14-12(15)10-7-5-6-9(2)11(10)13/h3,5-7H,1,4,8H2,2H3,(H,14,15). The molecule has 0 atom stereocenters. The summed E-state index contributed by atoms with van der Waals surface area (Å²) in [6, 6.07) is 5.75. The van der Waals surface area contributed by atoms with E-state index in [4.69, 9.17) is 0 Å². The molecule has 0 aliphatic heterocycles. The highest BCUT2D eigenvalue weighted by Gasteiger charge is 2.09. The van der Waals surface area contributed by atoms with Crippen LogP contribution in [0.15, 0.2) is 30.9 Å². The van der Waals surface area contributed by atoms with Gasteiger partial charge in [0.05, 0.1) is 5.56 Å². The number of aryl methyl sites for hydroxylation is 1. The van der Waals surface area contributed by atoms with Crippen LogP contribution in [0.2, 0.25) is 0 Å². The number of carbonyl (C=O) groups is 1. The first-order chi connectivity index (χ1) is 7.16. The Morgan fingerprint density at radius 2 is 2.33 bits per heavy atom. The summed E-state index contributed by atoms with van der Waals surface area (Å²) in [6.07, 6.45) is 2.59. The van der Waals surface area contributed by atoms with Crippen molar-refractivity contribution in [3.63, 3.8) is 0 Å². The largest absolute Gasteiger partial charge is 0.352 e. The lowest BCUT2D eigenvalue weighted by Crippen LogP contribution is -2.25. The van der Waals surface area contributed by atoms with Crippen molar-refractivity contribution < 1.29 is 4.79 Å². The van der Waals surface area contributed by atoms with Crippen LogP contribution in [-0.4, -0.2) is 12.5 Å². The Morgan fingerprint density at radius 3 is 3.00 bits per heavy atom. The van der Waals surface area contributed by atoms with E-state index in [1.165, 1.54) is 0 Å². The molecule has 0 saturated carbocycles. The molecule has 1 N–H and O–H groups in total. The number of carbonyl (C=O) groups excluding carboxylic acids is 1. The van der Waals surface area contributed by atoms with Crippen LogP contribution < -0.4 is 5.32 Å². The summed E-state index contributed by atoms with van der Waals surface area (Å²) in [7, 11) is 0. The number of halogens is 1. The molecule has 0 saturated heterocycles. The van der Waals surface area contributed by atoms with Crippen molar-refractivity contribution in [1.82, 2.24) is 5.32 Å². The van der Waals surface area contributed by atoms with Crippen molar-refractivity contribution in [2.24, 2.45) is 0 Å². The van der Waals surface area contributed by atoms with Gasteiger partial charge in [0.1, 0.15) is 0 Å². The molecule has 15 heavy (non-hydrogen) atoms. The van der Waals surface area contributed by atoms with Crippen molar-refractivity contribution in [3.05, 3.63) is 45.6 Å². The summed E-state index contributed by atoms with van der Waals surface area (Å²) in [5, 5.41) is 2.85. The van der Waals surface area contributed by atoms with E-state index in [0.717, 1.165) is 21.1 Å². The maximum absolute atomic E-state index is 11.7. The number of nitrogens with one attached hydrogen (secondary N) is 1. The molecule has 1 aromatic carbocycles. The number of hydrogen-bond acceptors (Lipinski definition) is 1. The third kappa shape index (κ3) is 3.34. The van der Waals surface area contributed by atoms with Gasteiger partial charge in [-0.3, -0.25) is 4.79 Å². The van der Waals surface area contributed by atoms with Gasteiger partial charge in [0.15, 0.2) is 0 Å². The molecule has 0 radical (unpaired) electrons. The summed E-state index contributed by atoms with van der Waals surface area (Å²) in [4.78, 5) is 11.7. The number of amides is 1. The summed E-state index contributed by atoms with van der Waals surface area (Å²) in [6.45, 7) is 6.26. The zero-order valence-electron chi connectivity index (χ0n) is 8.72. The van der Waals surface area contributed by atoms with Crippen molar-refractivity contribution in [3.8, 4) is 0 Å². The molecule has 0 fully saturated rings. The summed E-state index contributed by atoms with van der Waals surface area (Å²) < 4.78 is 1.02. The molecule has 2 nitrogen and oxygen atoms in total. The van der Waals surface area contributed by atoms with Crippen LogP contribution in [0, 0.1) is 10.5 Å². The first-order valence-electron chi connectivity index (χ1n) is 4.81. The molecular weight excluding hydrogens is 301 g/mol. The van der Waals surface area contributed by atoms with Gasteiger partial charge in [-0.05, 0) is 47.6 Å². The van der Waals surface area contributed by atoms with E-state index in [-0.39, 0.29) is 5.91 Å². The van der Waals surface area contributed by atoms with Crippen LogP contribution in [0.1, 0.15) is 22.3 Å². The second-order valence-electron chi connectivity index (χ2n) is 3.27. The Morgan fingerprint density at radius 1 is 1.60 bits per heavy atom. The summed E-state index contributed by atoms with van der Waals surface area (Å²) in [5.74, 6) is -0.00931. The SMILES string of the molecule is C=CCCNC(=O)c1cccc(C)c1I. The lowest BCUT2D eigenvalue weighted by molar-refractivity contribution is 0.0953. The van der Waals surface area contributed by atoms with Crippen LogP contribution >= 0.6 is 22.6 Å². The number of rotatable bonds is 4. The van der Waals surface area contributed by atoms with Crippen LogP contribution in [0.3, 0.4) is 0 Å². The lowest BCUT2D eigenvalue weighted by atomic mass is 10.1.